The third-order valence-electron chi connectivity index (χ3n) is 2.05. The van der Waals surface area contributed by atoms with Crippen molar-refractivity contribution in [1.82, 2.24) is 0 Å². The van der Waals surface area contributed by atoms with Crippen LogP contribution >= 0.6 is 34.8 Å². The lowest BCUT2D eigenvalue weighted by atomic mass is 10.2. The van der Waals surface area contributed by atoms with Gasteiger partial charge in [0.15, 0.2) is 0 Å². The van der Waals surface area contributed by atoms with Gasteiger partial charge in [0.2, 0.25) is 0 Å². The van der Waals surface area contributed by atoms with Crippen LogP contribution in [0.5, 0.6) is 5.75 Å². The van der Waals surface area contributed by atoms with Crippen molar-refractivity contribution < 1.29 is 9.47 Å². The molecule has 17 heavy (non-hydrogen) atoms. The predicted octanol–water partition coefficient (Wildman–Crippen LogP) is 4.54. The first-order valence-electron chi connectivity index (χ1n) is 5.43. The standard InChI is InChI=1S/C12H15Cl3O2/c1-2-3-16-4-5-17-12-9(8-13)6-10(14)7-11(12)15/h6-7H,2-5,8H2,1H3. The smallest absolute Gasteiger partial charge is 0.142 e. The van der Waals surface area contributed by atoms with Crippen molar-refractivity contribution >= 4 is 34.8 Å². The van der Waals surface area contributed by atoms with Gasteiger partial charge in [-0.2, -0.15) is 0 Å². The van der Waals surface area contributed by atoms with Gasteiger partial charge in [0.1, 0.15) is 12.4 Å². The topological polar surface area (TPSA) is 18.5 Å². The van der Waals surface area contributed by atoms with Crippen molar-refractivity contribution in [2.45, 2.75) is 19.2 Å². The molecule has 0 aliphatic heterocycles. The number of benzene rings is 1. The van der Waals surface area contributed by atoms with E-state index in [1.165, 1.54) is 0 Å². The fourth-order valence-corrected chi connectivity index (χ4v) is 2.11. The van der Waals surface area contributed by atoms with Gasteiger partial charge in [-0.25, -0.2) is 0 Å². The highest BCUT2D eigenvalue weighted by atomic mass is 35.5. The molecule has 0 saturated carbocycles. The van der Waals surface area contributed by atoms with Crippen molar-refractivity contribution in [3.8, 4) is 5.75 Å². The zero-order chi connectivity index (χ0) is 12.7. The third kappa shape index (κ3) is 4.92. The van der Waals surface area contributed by atoms with Crippen LogP contribution in [0, 0.1) is 0 Å². The lowest BCUT2D eigenvalue weighted by molar-refractivity contribution is 0.100. The third-order valence-corrected chi connectivity index (χ3v) is 2.84. The number of halogens is 3. The Labute approximate surface area is 117 Å². The number of hydrogen-bond donors (Lipinski definition) is 0. The van der Waals surface area contributed by atoms with Crippen molar-refractivity contribution in [3.05, 3.63) is 27.7 Å². The molecule has 1 aromatic rings. The molecule has 0 N–H and O–H groups in total. The largest absolute Gasteiger partial charge is 0.489 e. The van der Waals surface area contributed by atoms with Gasteiger partial charge in [-0.15, -0.1) is 11.6 Å². The molecule has 0 saturated heterocycles. The quantitative estimate of drug-likeness (QED) is 0.543. The van der Waals surface area contributed by atoms with Crippen LogP contribution in [0.2, 0.25) is 10.0 Å². The van der Waals surface area contributed by atoms with E-state index in [-0.39, 0.29) is 0 Å². The second kappa shape index (κ2) is 8.04. The van der Waals surface area contributed by atoms with E-state index >= 15 is 0 Å². The number of rotatable bonds is 7. The van der Waals surface area contributed by atoms with E-state index in [4.69, 9.17) is 44.3 Å². The van der Waals surface area contributed by atoms with E-state index in [0.717, 1.165) is 18.6 Å². The van der Waals surface area contributed by atoms with E-state index < -0.39 is 0 Å². The maximum atomic E-state index is 6.04. The highest BCUT2D eigenvalue weighted by molar-refractivity contribution is 6.35. The Hall–Kier alpha value is -0.150. The summed E-state index contributed by atoms with van der Waals surface area (Å²) in [4.78, 5) is 0. The minimum Gasteiger partial charge on any atom is -0.489 e. The SMILES string of the molecule is CCCOCCOc1c(Cl)cc(Cl)cc1CCl. The van der Waals surface area contributed by atoms with E-state index in [2.05, 4.69) is 6.92 Å². The van der Waals surface area contributed by atoms with Crippen LogP contribution in [0.25, 0.3) is 0 Å². The normalized spacial score (nSPS) is 10.6. The number of alkyl halides is 1. The first-order chi connectivity index (χ1) is 8.19. The van der Waals surface area contributed by atoms with Gasteiger partial charge in [-0.3, -0.25) is 0 Å². The molecule has 1 rings (SSSR count). The predicted molar refractivity (Wildman–Crippen MR) is 72.6 cm³/mol. The van der Waals surface area contributed by atoms with Crippen LogP contribution in [0.15, 0.2) is 12.1 Å². The minimum atomic E-state index is 0.311. The molecule has 0 bridgehead atoms. The molecule has 0 unspecified atom stereocenters. The highest BCUT2D eigenvalue weighted by Crippen LogP contribution is 2.33. The van der Waals surface area contributed by atoms with Crippen molar-refractivity contribution in [1.29, 1.82) is 0 Å². The van der Waals surface area contributed by atoms with Gasteiger partial charge < -0.3 is 9.47 Å². The van der Waals surface area contributed by atoms with Crippen LogP contribution in [-0.4, -0.2) is 19.8 Å². The summed E-state index contributed by atoms with van der Waals surface area (Å²) < 4.78 is 10.9. The lowest BCUT2D eigenvalue weighted by Gasteiger charge is -2.12. The maximum Gasteiger partial charge on any atom is 0.142 e. The molecule has 96 valence electrons. The molecule has 0 atom stereocenters. The summed E-state index contributed by atoms with van der Waals surface area (Å²) in [5, 5.41) is 1.03. The first kappa shape index (κ1) is 14.9. The average molecular weight is 298 g/mol. The van der Waals surface area contributed by atoms with Gasteiger partial charge in [-0.1, -0.05) is 30.1 Å². The summed E-state index contributed by atoms with van der Waals surface area (Å²) in [5.41, 5.74) is 0.791. The molecular formula is C12H15Cl3O2. The maximum absolute atomic E-state index is 6.04. The Morgan fingerprint density at radius 1 is 1.12 bits per heavy atom. The van der Waals surface area contributed by atoms with Crippen LogP contribution < -0.4 is 4.74 Å². The zero-order valence-electron chi connectivity index (χ0n) is 9.64. The van der Waals surface area contributed by atoms with Crippen molar-refractivity contribution in [3.63, 3.8) is 0 Å². The number of ether oxygens (including phenoxy) is 2. The summed E-state index contributed by atoms with van der Waals surface area (Å²) >= 11 is 17.7. The Morgan fingerprint density at radius 2 is 1.88 bits per heavy atom. The van der Waals surface area contributed by atoms with Crippen LogP contribution in [-0.2, 0) is 10.6 Å². The molecule has 0 aromatic heterocycles. The van der Waals surface area contributed by atoms with E-state index in [1.54, 1.807) is 12.1 Å². The van der Waals surface area contributed by atoms with Gasteiger partial charge >= 0.3 is 0 Å². The summed E-state index contributed by atoms with van der Waals surface area (Å²) in [5.74, 6) is 0.900. The molecule has 2 nitrogen and oxygen atoms in total. The minimum absolute atomic E-state index is 0.311. The van der Waals surface area contributed by atoms with Gasteiger partial charge in [0, 0.05) is 17.2 Å². The van der Waals surface area contributed by atoms with Gasteiger partial charge in [-0.05, 0) is 18.6 Å². The molecule has 0 spiro atoms. The average Bonchev–Trinajstić information content (AvgIpc) is 2.30. The molecular weight excluding hydrogens is 282 g/mol. The Balaban J connectivity index is 2.57. The Bertz CT molecular complexity index is 356. The van der Waals surface area contributed by atoms with E-state index in [9.17, 15) is 0 Å². The van der Waals surface area contributed by atoms with Crippen LogP contribution in [0.4, 0.5) is 0 Å². The molecule has 0 aliphatic carbocycles. The summed E-state index contributed by atoms with van der Waals surface area (Å²) in [6.07, 6.45) is 0.995. The summed E-state index contributed by atoms with van der Waals surface area (Å²) in [7, 11) is 0. The van der Waals surface area contributed by atoms with Crippen LogP contribution in [0.3, 0.4) is 0 Å². The second-order valence-corrected chi connectivity index (χ2v) is 4.58. The monoisotopic (exact) mass is 296 g/mol. The molecule has 0 heterocycles. The van der Waals surface area contributed by atoms with Gasteiger partial charge in [0.05, 0.1) is 17.5 Å². The van der Waals surface area contributed by atoms with Gasteiger partial charge in [0.25, 0.3) is 0 Å². The number of hydrogen-bond acceptors (Lipinski definition) is 2. The molecule has 0 fully saturated rings. The molecule has 0 amide bonds. The fourth-order valence-electron chi connectivity index (χ4n) is 1.32. The molecule has 0 aliphatic rings. The highest BCUT2D eigenvalue weighted by Gasteiger charge is 2.09. The van der Waals surface area contributed by atoms with E-state index in [1.807, 2.05) is 0 Å². The lowest BCUT2D eigenvalue weighted by Crippen LogP contribution is -2.08. The first-order valence-corrected chi connectivity index (χ1v) is 6.72. The van der Waals surface area contributed by atoms with E-state index in [0.29, 0.717) is 34.9 Å². The van der Waals surface area contributed by atoms with Crippen LogP contribution in [0.1, 0.15) is 18.9 Å². The fraction of sp³-hybridized carbons (Fsp3) is 0.500. The molecule has 0 radical (unpaired) electrons. The van der Waals surface area contributed by atoms with Crippen molar-refractivity contribution in [2.75, 3.05) is 19.8 Å². The summed E-state index contributed by atoms with van der Waals surface area (Å²) in [6, 6.07) is 3.39. The van der Waals surface area contributed by atoms with Crippen molar-refractivity contribution in [2.24, 2.45) is 0 Å². The summed E-state index contributed by atoms with van der Waals surface area (Å²) in [6.45, 7) is 3.78. The molecule has 5 heteroatoms. The molecule has 1 aromatic carbocycles. The Kier molecular flexibility index (Phi) is 7.05. The second-order valence-electron chi connectivity index (χ2n) is 3.47. The Morgan fingerprint density at radius 3 is 2.53 bits per heavy atom. The zero-order valence-corrected chi connectivity index (χ0v) is 11.9.